The molecule has 1 spiro atoms. The Bertz CT molecular complexity index is 1460. The van der Waals surface area contributed by atoms with Crippen molar-refractivity contribution in [1.29, 1.82) is 0 Å². The molecule has 1 aliphatic carbocycles. The minimum atomic E-state index is -0.303. The molecule has 170 valence electrons. The number of rotatable bonds is 2. The van der Waals surface area contributed by atoms with Crippen LogP contribution in [0.4, 0.5) is 10.2 Å². The van der Waals surface area contributed by atoms with Crippen LogP contribution in [0, 0.1) is 11.2 Å². The topological polar surface area (TPSA) is 83.2 Å². The van der Waals surface area contributed by atoms with E-state index < -0.39 is 0 Å². The van der Waals surface area contributed by atoms with Gasteiger partial charge in [-0.25, -0.2) is 14.4 Å². The number of anilines is 1. The molecule has 4 aromatic rings. The summed E-state index contributed by atoms with van der Waals surface area (Å²) in [6.45, 7) is 2.23. The standard InChI is InChI=1S/C27H25FN6/c28-20-12-21-16(5-8-30-21)11-19(20)24-25-22(14-31-24)33-23(15-32-25)34-9-6-27(7-10-34)13-17-3-1-2-4-18(17)26(27)29/h1-5,8,11-12,15,26,30H,6-7,9-10,13-14,29H2/t26-/m1/s1. The lowest BCUT2D eigenvalue weighted by Gasteiger charge is -2.42. The van der Waals surface area contributed by atoms with E-state index >= 15 is 0 Å². The van der Waals surface area contributed by atoms with Crippen molar-refractivity contribution in [2.24, 2.45) is 16.1 Å². The zero-order valence-electron chi connectivity index (χ0n) is 18.8. The first-order valence-corrected chi connectivity index (χ1v) is 11.9. The van der Waals surface area contributed by atoms with Crippen LogP contribution in [-0.2, 0) is 13.0 Å². The average molecular weight is 453 g/mol. The third-order valence-corrected chi connectivity index (χ3v) is 8.01. The Balaban J connectivity index is 1.12. The molecule has 2 aromatic carbocycles. The summed E-state index contributed by atoms with van der Waals surface area (Å²) < 4.78 is 14.8. The second-order valence-corrected chi connectivity index (χ2v) is 9.79. The zero-order chi connectivity index (χ0) is 22.9. The van der Waals surface area contributed by atoms with Crippen LogP contribution in [0.5, 0.6) is 0 Å². The molecular formula is C27H25FN6. The van der Waals surface area contributed by atoms with Crippen molar-refractivity contribution in [3.8, 4) is 0 Å². The van der Waals surface area contributed by atoms with Crippen LogP contribution in [0.15, 0.2) is 59.9 Å². The fourth-order valence-corrected chi connectivity index (χ4v) is 6.06. The Kier molecular flexibility index (Phi) is 4.21. The van der Waals surface area contributed by atoms with E-state index in [1.807, 2.05) is 24.5 Å². The Hall–Kier alpha value is -3.58. The number of hydrogen-bond acceptors (Lipinski definition) is 5. The van der Waals surface area contributed by atoms with Gasteiger partial charge in [0.2, 0.25) is 0 Å². The third kappa shape index (κ3) is 2.86. The third-order valence-electron chi connectivity index (χ3n) is 8.01. The highest BCUT2D eigenvalue weighted by molar-refractivity contribution is 6.15. The van der Waals surface area contributed by atoms with E-state index in [4.69, 9.17) is 15.7 Å². The Morgan fingerprint density at radius 3 is 2.82 bits per heavy atom. The molecule has 1 fully saturated rings. The van der Waals surface area contributed by atoms with Gasteiger partial charge < -0.3 is 15.6 Å². The lowest BCUT2D eigenvalue weighted by atomic mass is 9.73. The summed E-state index contributed by atoms with van der Waals surface area (Å²) in [7, 11) is 0. The van der Waals surface area contributed by atoms with Gasteiger partial charge in [-0.15, -0.1) is 0 Å². The highest BCUT2D eigenvalue weighted by Crippen LogP contribution is 2.50. The maximum Gasteiger partial charge on any atom is 0.147 e. The van der Waals surface area contributed by atoms with Crippen LogP contribution in [0.3, 0.4) is 0 Å². The van der Waals surface area contributed by atoms with Gasteiger partial charge in [-0.3, -0.25) is 4.99 Å². The molecule has 0 bridgehead atoms. The lowest BCUT2D eigenvalue weighted by Crippen LogP contribution is -2.44. The van der Waals surface area contributed by atoms with Gasteiger partial charge in [0.1, 0.15) is 17.3 Å². The van der Waals surface area contributed by atoms with Gasteiger partial charge >= 0.3 is 0 Å². The largest absolute Gasteiger partial charge is 0.361 e. The number of aromatic amines is 1. The SMILES string of the molecule is N[C@@H]1c2ccccc2CC12CCN(c1cnc3c(n1)CN=C3c1cc3cc[nH]c3cc1F)CC2. The van der Waals surface area contributed by atoms with Crippen LogP contribution in [0.2, 0.25) is 0 Å². The normalized spacial score (nSPS) is 20.6. The maximum atomic E-state index is 14.8. The fourth-order valence-electron chi connectivity index (χ4n) is 6.06. The number of aliphatic imine (C=N–C) groups is 1. The number of nitrogens with zero attached hydrogens (tertiary/aromatic N) is 4. The number of aromatic nitrogens is 3. The van der Waals surface area contributed by atoms with E-state index in [1.54, 1.807) is 0 Å². The van der Waals surface area contributed by atoms with Gasteiger partial charge in [-0.1, -0.05) is 24.3 Å². The van der Waals surface area contributed by atoms with E-state index in [1.165, 1.54) is 17.2 Å². The van der Waals surface area contributed by atoms with Crippen molar-refractivity contribution in [3.05, 3.63) is 88.8 Å². The molecule has 1 atom stereocenters. The summed E-state index contributed by atoms with van der Waals surface area (Å²) in [6.07, 6.45) is 6.75. The van der Waals surface area contributed by atoms with E-state index in [9.17, 15) is 4.39 Å². The Morgan fingerprint density at radius 2 is 1.97 bits per heavy atom. The molecule has 6 nitrogen and oxygen atoms in total. The lowest BCUT2D eigenvalue weighted by molar-refractivity contribution is 0.187. The van der Waals surface area contributed by atoms with E-state index in [-0.39, 0.29) is 17.3 Å². The molecule has 0 amide bonds. The number of piperidine rings is 1. The summed E-state index contributed by atoms with van der Waals surface area (Å²) in [5.74, 6) is 0.568. The molecule has 0 saturated carbocycles. The Labute approximate surface area is 196 Å². The number of H-pyrrole nitrogens is 1. The highest BCUT2D eigenvalue weighted by Gasteiger charge is 2.46. The van der Waals surface area contributed by atoms with Gasteiger partial charge in [-0.2, -0.15) is 0 Å². The smallest absolute Gasteiger partial charge is 0.147 e. The first kappa shape index (κ1) is 19.9. The summed E-state index contributed by atoms with van der Waals surface area (Å²) in [5, 5.41) is 0.951. The summed E-state index contributed by atoms with van der Waals surface area (Å²) >= 11 is 0. The molecule has 7 heteroatoms. The van der Waals surface area contributed by atoms with Crippen molar-refractivity contribution >= 4 is 22.4 Å². The predicted molar refractivity (Wildman–Crippen MR) is 131 cm³/mol. The number of nitrogens with two attached hydrogens (primary N) is 1. The minimum Gasteiger partial charge on any atom is -0.361 e. The summed E-state index contributed by atoms with van der Waals surface area (Å²) in [6, 6.07) is 14.0. The molecule has 3 aliphatic rings. The quantitative estimate of drug-likeness (QED) is 0.475. The van der Waals surface area contributed by atoms with Crippen molar-refractivity contribution in [1.82, 2.24) is 15.0 Å². The first-order chi connectivity index (χ1) is 16.6. The highest BCUT2D eigenvalue weighted by atomic mass is 19.1. The number of hydrogen-bond donors (Lipinski definition) is 2. The van der Waals surface area contributed by atoms with Gasteiger partial charge in [-0.05, 0) is 54.0 Å². The molecule has 0 radical (unpaired) electrons. The van der Waals surface area contributed by atoms with Gasteiger partial charge in [0.15, 0.2) is 0 Å². The Morgan fingerprint density at radius 1 is 1.12 bits per heavy atom. The number of nitrogens with one attached hydrogen (secondary N) is 1. The van der Waals surface area contributed by atoms with E-state index in [0.29, 0.717) is 23.5 Å². The van der Waals surface area contributed by atoms with Crippen LogP contribution >= 0.6 is 0 Å². The monoisotopic (exact) mass is 452 g/mol. The minimum absolute atomic E-state index is 0.0974. The molecule has 3 N–H and O–H groups in total. The van der Waals surface area contributed by atoms with Crippen LogP contribution in [-0.4, -0.2) is 33.8 Å². The van der Waals surface area contributed by atoms with Gasteiger partial charge in [0, 0.05) is 41.8 Å². The molecular weight excluding hydrogens is 427 g/mol. The number of halogens is 1. The van der Waals surface area contributed by atoms with E-state index in [2.05, 4.69) is 39.1 Å². The maximum absolute atomic E-state index is 14.8. The molecule has 2 aromatic heterocycles. The van der Waals surface area contributed by atoms with Crippen molar-refractivity contribution in [2.45, 2.75) is 31.8 Å². The second-order valence-electron chi connectivity index (χ2n) is 9.79. The predicted octanol–water partition coefficient (Wildman–Crippen LogP) is 4.29. The molecule has 2 aliphatic heterocycles. The summed E-state index contributed by atoms with van der Waals surface area (Å²) in [4.78, 5) is 19.6. The summed E-state index contributed by atoms with van der Waals surface area (Å²) in [5.41, 5.74) is 12.9. The average Bonchev–Trinajstić information content (AvgIpc) is 3.55. The van der Waals surface area contributed by atoms with Crippen molar-refractivity contribution in [2.75, 3.05) is 18.0 Å². The first-order valence-electron chi connectivity index (χ1n) is 11.9. The van der Waals surface area contributed by atoms with E-state index in [0.717, 1.165) is 54.8 Å². The molecule has 34 heavy (non-hydrogen) atoms. The van der Waals surface area contributed by atoms with Crippen LogP contribution < -0.4 is 10.6 Å². The van der Waals surface area contributed by atoms with Crippen molar-refractivity contribution in [3.63, 3.8) is 0 Å². The fraction of sp³-hybridized carbons (Fsp3) is 0.296. The van der Waals surface area contributed by atoms with Gasteiger partial charge in [0.05, 0.1) is 24.1 Å². The van der Waals surface area contributed by atoms with Gasteiger partial charge in [0.25, 0.3) is 0 Å². The second kappa shape index (κ2) is 7.21. The molecule has 1 saturated heterocycles. The molecule has 4 heterocycles. The number of fused-ring (bicyclic) bond motifs is 3. The molecule has 0 unspecified atom stereocenters. The van der Waals surface area contributed by atoms with Crippen LogP contribution in [0.1, 0.15) is 47.0 Å². The number of benzene rings is 2. The molecule has 7 rings (SSSR count). The zero-order valence-corrected chi connectivity index (χ0v) is 18.8. The van der Waals surface area contributed by atoms with Crippen LogP contribution in [0.25, 0.3) is 10.9 Å². The van der Waals surface area contributed by atoms with Crippen molar-refractivity contribution < 1.29 is 4.39 Å².